The summed E-state index contributed by atoms with van der Waals surface area (Å²) in [6, 6.07) is 19.9. The number of Topliss-reactive ketones (excluding diaryl/α,β-unsaturated/α-hetero) is 1. The number of carbonyl (C=O) groups is 1. The van der Waals surface area contributed by atoms with Gasteiger partial charge in [0, 0.05) is 26.4 Å². The van der Waals surface area contributed by atoms with Crippen LogP contribution in [0.1, 0.15) is 17.3 Å². The predicted molar refractivity (Wildman–Crippen MR) is 96.9 cm³/mol. The van der Waals surface area contributed by atoms with Crippen LogP contribution in [-0.4, -0.2) is 5.78 Å². The lowest BCUT2D eigenvalue weighted by Gasteiger charge is -2.06. The monoisotopic (exact) mass is 364 g/mol. The number of benzene rings is 3. The van der Waals surface area contributed by atoms with Crippen molar-refractivity contribution in [2.24, 2.45) is 0 Å². The van der Waals surface area contributed by atoms with Gasteiger partial charge in [0.2, 0.25) is 0 Å². The van der Waals surface area contributed by atoms with Gasteiger partial charge in [-0.05, 0) is 36.8 Å². The Hall–Kier alpha value is -2.39. The van der Waals surface area contributed by atoms with Gasteiger partial charge in [0.1, 0.15) is 11.2 Å². The average Bonchev–Trinajstić information content (AvgIpc) is 2.92. The second-order valence-corrected chi connectivity index (χ2v) is 6.48. The van der Waals surface area contributed by atoms with Crippen LogP contribution in [0.15, 0.2) is 69.6 Å². The molecule has 112 valence electrons. The highest BCUT2D eigenvalue weighted by Gasteiger charge is 2.13. The summed E-state index contributed by atoms with van der Waals surface area (Å²) in [7, 11) is 0. The summed E-state index contributed by atoms with van der Waals surface area (Å²) in [4.78, 5) is 11.7. The molecule has 0 saturated heterocycles. The molecule has 0 saturated carbocycles. The van der Waals surface area contributed by atoms with Crippen molar-refractivity contribution in [1.82, 2.24) is 0 Å². The fourth-order valence-corrected chi connectivity index (χ4v) is 3.42. The highest BCUT2D eigenvalue weighted by Crippen LogP contribution is 2.36. The van der Waals surface area contributed by atoms with Crippen LogP contribution in [0.2, 0.25) is 0 Å². The standard InChI is InChI=1S/C20H13BrO2/c1-12(22)13-9-14(11-15(21)10-13)16-6-4-7-18-17-5-2-3-8-19(17)23-20(16)18/h2-11H,1H3. The Morgan fingerprint density at radius 2 is 1.74 bits per heavy atom. The lowest BCUT2D eigenvalue weighted by molar-refractivity contribution is 0.101. The number of hydrogen-bond donors (Lipinski definition) is 0. The molecule has 0 spiro atoms. The van der Waals surface area contributed by atoms with Crippen molar-refractivity contribution in [2.45, 2.75) is 6.92 Å². The van der Waals surface area contributed by atoms with E-state index in [4.69, 9.17) is 4.42 Å². The van der Waals surface area contributed by atoms with E-state index in [2.05, 4.69) is 28.1 Å². The summed E-state index contributed by atoms with van der Waals surface area (Å²) >= 11 is 3.49. The van der Waals surface area contributed by atoms with Crippen LogP contribution >= 0.6 is 15.9 Å². The van der Waals surface area contributed by atoms with Crippen molar-refractivity contribution in [3.05, 3.63) is 70.7 Å². The minimum atomic E-state index is 0.0457. The molecule has 0 aliphatic heterocycles. The third-order valence-electron chi connectivity index (χ3n) is 4.02. The van der Waals surface area contributed by atoms with Gasteiger partial charge < -0.3 is 4.42 Å². The number of hydrogen-bond acceptors (Lipinski definition) is 2. The molecular weight excluding hydrogens is 352 g/mol. The van der Waals surface area contributed by atoms with Gasteiger partial charge in [0.05, 0.1) is 0 Å². The zero-order valence-electron chi connectivity index (χ0n) is 12.5. The van der Waals surface area contributed by atoms with Gasteiger partial charge >= 0.3 is 0 Å². The maximum absolute atomic E-state index is 11.7. The van der Waals surface area contributed by atoms with Gasteiger partial charge in [-0.25, -0.2) is 0 Å². The Morgan fingerprint density at radius 1 is 0.957 bits per heavy atom. The fourth-order valence-electron chi connectivity index (χ4n) is 2.92. The van der Waals surface area contributed by atoms with Crippen LogP contribution in [0.3, 0.4) is 0 Å². The summed E-state index contributed by atoms with van der Waals surface area (Å²) in [6.45, 7) is 1.58. The van der Waals surface area contributed by atoms with E-state index in [1.165, 1.54) is 0 Å². The van der Waals surface area contributed by atoms with Crippen LogP contribution in [0, 0.1) is 0 Å². The first kappa shape index (κ1) is 14.2. The van der Waals surface area contributed by atoms with E-state index in [1.807, 2.05) is 48.5 Å². The normalized spacial score (nSPS) is 11.2. The van der Waals surface area contributed by atoms with Crippen molar-refractivity contribution in [3.8, 4) is 11.1 Å². The minimum absolute atomic E-state index is 0.0457. The van der Waals surface area contributed by atoms with Crippen molar-refractivity contribution < 1.29 is 9.21 Å². The zero-order chi connectivity index (χ0) is 16.0. The predicted octanol–water partition coefficient (Wildman–Crippen LogP) is 6.22. The third-order valence-corrected chi connectivity index (χ3v) is 4.48. The molecule has 0 radical (unpaired) electrons. The van der Waals surface area contributed by atoms with Crippen LogP contribution in [0.25, 0.3) is 33.1 Å². The molecule has 2 nitrogen and oxygen atoms in total. The van der Waals surface area contributed by atoms with E-state index < -0.39 is 0 Å². The first-order valence-electron chi connectivity index (χ1n) is 7.35. The van der Waals surface area contributed by atoms with Crippen molar-refractivity contribution in [3.63, 3.8) is 0 Å². The number of furan rings is 1. The Balaban J connectivity index is 2.04. The average molecular weight is 365 g/mol. The Morgan fingerprint density at radius 3 is 2.57 bits per heavy atom. The fraction of sp³-hybridized carbons (Fsp3) is 0.0500. The first-order valence-corrected chi connectivity index (χ1v) is 8.15. The maximum Gasteiger partial charge on any atom is 0.159 e. The highest BCUT2D eigenvalue weighted by molar-refractivity contribution is 9.10. The van der Waals surface area contributed by atoms with E-state index in [0.29, 0.717) is 5.56 Å². The lowest BCUT2D eigenvalue weighted by atomic mass is 9.99. The molecule has 0 atom stereocenters. The van der Waals surface area contributed by atoms with Crippen LogP contribution in [-0.2, 0) is 0 Å². The van der Waals surface area contributed by atoms with Gasteiger partial charge in [-0.1, -0.05) is 52.3 Å². The van der Waals surface area contributed by atoms with Gasteiger partial charge in [-0.3, -0.25) is 4.79 Å². The first-order chi connectivity index (χ1) is 11.1. The van der Waals surface area contributed by atoms with Crippen LogP contribution in [0.5, 0.6) is 0 Å². The number of rotatable bonds is 2. The molecule has 1 heterocycles. The number of para-hydroxylation sites is 2. The van der Waals surface area contributed by atoms with Crippen LogP contribution in [0.4, 0.5) is 0 Å². The maximum atomic E-state index is 11.7. The summed E-state index contributed by atoms with van der Waals surface area (Å²) in [5.41, 5.74) is 4.36. The Bertz CT molecular complexity index is 1060. The summed E-state index contributed by atoms with van der Waals surface area (Å²) in [5, 5.41) is 2.19. The summed E-state index contributed by atoms with van der Waals surface area (Å²) < 4.78 is 6.96. The van der Waals surface area contributed by atoms with Gasteiger partial charge in [0.25, 0.3) is 0 Å². The van der Waals surface area contributed by atoms with Crippen LogP contribution < -0.4 is 0 Å². The second-order valence-electron chi connectivity index (χ2n) is 5.57. The number of carbonyl (C=O) groups excluding carboxylic acids is 1. The molecule has 0 unspecified atom stereocenters. The molecule has 3 heteroatoms. The smallest absolute Gasteiger partial charge is 0.159 e. The van der Waals surface area contributed by atoms with Gasteiger partial charge in [-0.2, -0.15) is 0 Å². The zero-order valence-corrected chi connectivity index (χ0v) is 14.1. The molecular formula is C20H13BrO2. The molecule has 1 aromatic heterocycles. The van der Waals surface area contributed by atoms with E-state index in [-0.39, 0.29) is 5.78 Å². The Labute approximate surface area is 141 Å². The number of halogens is 1. The molecule has 3 aromatic carbocycles. The lowest BCUT2D eigenvalue weighted by Crippen LogP contribution is -1.92. The van der Waals surface area contributed by atoms with E-state index >= 15 is 0 Å². The van der Waals surface area contributed by atoms with E-state index in [1.54, 1.807) is 6.92 Å². The molecule has 0 bridgehead atoms. The third kappa shape index (κ3) is 2.37. The quantitative estimate of drug-likeness (QED) is 0.395. The van der Waals surface area contributed by atoms with Crippen molar-refractivity contribution in [2.75, 3.05) is 0 Å². The van der Waals surface area contributed by atoms with E-state index in [9.17, 15) is 4.79 Å². The summed E-state index contributed by atoms with van der Waals surface area (Å²) in [5.74, 6) is 0.0457. The van der Waals surface area contributed by atoms with Crippen molar-refractivity contribution >= 4 is 43.7 Å². The molecule has 0 aliphatic carbocycles. The molecule has 4 aromatic rings. The van der Waals surface area contributed by atoms with Crippen molar-refractivity contribution in [1.29, 1.82) is 0 Å². The SMILES string of the molecule is CC(=O)c1cc(Br)cc(-c2cccc3c2oc2ccccc23)c1. The van der Waals surface area contributed by atoms with E-state index in [0.717, 1.165) is 37.5 Å². The summed E-state index contributed by atoms with van der Waals surface area (Å²) in [6.07, 6.45) is 0. The molecule has 0 amide bonds. The number of fused-ring (bicyclic) bond motifs is 3. The second kappa shape index (κ2) is 5.36. The molecule has 0 N–H and O–H groups in total. The molecule has 0 aliphatic rings. The number of ketones is 1. The largest absolute Gasteiger partial charge is 0.455 e. The molecule has 0 fully saturated rings. The topological polar surface area (TPSA) is 30.2 Å². The molecule has 23 heavy (non-hydrogen) atoms. The minimum Gasteiger partial charge on any atom is -0.455 e. The van der Waals surface area contributed by atoms with Gasteiger partial charge in [0.15, 0.2) is 5.78 Å². The Kier molecular flexibility index (Phi) is 3.31. The molecule has 4 rings (SSSR count). The van der Waals surface area contributed by atoms with Gasteiger partial charge in [-0.15, -0.1) is 0 Å². The highest BCUT2D eigenvalue weighted by atomic mass is 79.9.